The lowest BCUT2D eigenvalue weighted by Crippen LogP contribution is -2.42. The highest BCUT2D eigenvalue weighted by atomic mass is 16.6. The number of alkyl carbamates (subject to hydrolysis) is 1. The van der Waals surface area contributed by atoms with Crippen molar-refractivity contribution in [2.75, 3.05) is 5.32 Å². The highest BCUT2D eigenvalue weighted by Gasteiger charge is 2.29. The summed E-state index contributed by atoms with van der Waals surface area (Å²) in [6.07, 6.45) is 3.75. The lowest BCUT2D eigenvalue weighted by atomic mass is 9.89. The van der Waals surface area contributed by atoms with Crippen LogP contribution >= 0.6 is 0 Å². The molecule has 2 aromatic rings. The second-order valence-corrected chi connectivity index (χ2v) is 7.15. The fraction of sp³-hybridized carbons (Fsp3) is 0.286. The van der Waals surface area contributed by atoms with Crippen molar-refractivity contribution in [1.29, 1.82) is 0 Å². The predicted molar refractivity (Wildman–Crippen MR) is 101 cm³/mol. The van der Waals surface area contributed by atoms with Crippen LogP contribution in [0.3, 0.4) is 0 Å². The summed E-state index contributed by atoms with van der Waals surface area (Å²) in [5, 5.41) is 6.51. The number of nitrogens with one attached hydrogen (secondary N) is 2. The minimum Gasteiger partial charge on any atom is -0.444 e. The molecule has 2 N–H and O–H groups in total. The number of anilines is 1. The average Bonchev–Trinajstić information content (AvgIpc) is 2.56. The molecule has 0 aliphatic heterocycles. The molecule has 0 bridgehead atoms. The van der Waals surface area contributed by atoms with E-state index in [1.807, 2.05) is 75.4 Å². The number of benzene rings is 2. The van der Waals surface area contributed by atoms with Crippen LogP contribution in [-0.2, 0) is 4.74 Å². The van der Waals surface area contributed by atoms with E-state index >= 15 is 0 Å². The molecule has 25 heavy (non-hydrogen) atoms. The lowest BCUT2D eigenvalue weighted by molar-refractivity contribution is 0.0501. The molecule has 1 aliphatic carbocycles. The molecule has 3 rings (SSSR count). The van der Waals surface area contributed by atoms with Crippen molar-refractivity contribution in [1.82, 2.24) is 5.32 Å². The van der Waals surface area contributed by atoms with Crippen molar-refractivity contribution >= 4 is 17.9 Å². The molecule has 1 aliphatic rings. The maximum Gasteiger partial charge on any atom is 0.408 e. The number of amides is 1. The molecule has 0 saturated carbocycles. The van der Waals surface area contributed by atoms with Gasteiger partial charge in [-0.2, -0.15) is 0 Å². The lowest BCUT2D eigenvalue weighted by Gasteiger charge is -2.32. The van der Waals surface area contributed by atoms with E-state index in [1.165, 1.54) is 0 Å². The fourth-order valence-corrected chi connectivity index (χ4v) is 2.92. The van der Waals surface area contributed by atoms with E-state index < -0.39 is 11.7 Å². The van der Waals surface area contributed by atoms with E-state index in [4.69, 9.17) is 4.74 Å². The van der Waals surface area contributed by atoms with Gasteiger partial charge in [0.15, 0.2) is 0 Å². The predicted octanol–water partition coefficient (Wildman–Crippen LogP) is 4.76. The number of hydrogen-bond donors (Lipinski definition) is 2. The van der Waals surface area contributed by atoms with Gasteiger partial charge in [0.25, 0.3) is 0 Å². The second kappa shape index (κ2) is 7.01. The monoisotopic (exact) mass is 336 g/mol. The van der Waals surface area contributed by atoms with E-state index in [0.717, 1.165) is 16.8 Å². The maximum absolute atomic E-state index is 12.3. The molecule has 2 aromatic carbocycles. The first kappa shape index (κ1) is 17.1. The third kappa shape index (κ3) is 4.41. The number of carbonyl (C=O) groups is 1. The Bertz CT molecular complexity index is 763. The topological polar surface area (TPSA) is 50.4 Å². The van der Waals surface area contributed by atoms with Crippen LogP contribution < -0.4 is 10.6 Å². The summed E-state index contributed by atoms with van der Waals surface area (Å²) in [4.78, 5) is 12.3. The summed E-state index contributed by atoms with van der Waals surface area (Å²) in [7, 11) is 0. The van der Waals surface area contributed by atoms with Crippen molar-refractivity contribution in [3.05, 3.63) is 71.8 Å². The van der Waals surface area contributed by atoms with Gasteiger partial charge in [-0.1, -0.05) is 54.6 Å². The normalized spacial score (nSPS) is 19.0. The van der Waals surface area contributed by atoms with Crippen molar-refractivity contribution in [3.8, 4) is 0 Å². The Morgan fingerprint density at radius 2 is 1.68 bits per heavy atom. The van der Waals surface area contributed by atoms with E-state index in [0.29, 0.717) is 0 Å². The molecule has 0 unspecified atom stereocenters. The van der Waals surface area contributed by atoms with Gasteiger partial charge in [-0.15, -0.1) is 0 Å². The molecular formula is C21H24N2O2. The summed E-state index contributed by atoms with van der Waals surface area (Å²) in [5.41, 5.74) is 2.66. The molecule has 0 radical (unpaired) electrons. The van der Waals surface area contributed by atoms with Gasteiger partial charge >= 0.3 is 6.09 Å². The first-order valence-corrected chi connectivity index (χ1v) is 8.51. The maximum atomic E-state index is 12.3. The zero-order chi connectivity index (χ0) is 17.9. The van der Waals surface area contributed by atoms with Gasteiger partial charge in [-0.3, -0.25) is 0 Å². The molecule has 4 nitrogen and oxygen atoms in total. The van der Waals surface area contributed by atoms with Crippen LogP contribution in [0.25, 0.3) is 6.08 Å². The summed E-state index contributed by atoms with van der Waals surface area (Å²) < 4.78 is 5.45. The molecule has 0 heterocycles. The number of fused-ring (bicyclic) bond motifs is 1. The minimum atomic E-state index is -0.531. The van der Waals surface area contributed by atoms with Crippen molar-refractivity contribution in [2.45, 2.75) is 38.5 Å². The Kier molecular flexibility index (Phi) is 4.79. The Labute approximate surface area is 148 Å². The van der Waals surface area contributed by atoms with Gasteiger partial charge < -0.3 is 15.4 Å². The van der Waals surface area contributed by atoms with Crippen LogP contribution in [0, 0.1) is 0 Å². The van der Waals surface area contributed by atoms with Crippen LogP contribution in [-0.4, -0.2) is 17.7 Å². The summed E-state index contributed by atoms with van der Waals surface area (Å²) >= 11 is 0. The summed E-state index contributed by atoms with van der Waals surface area (Å²) in [6.45, 7) is 5.59. The van der Waals surface area contributed by atoms with E-state index in [9.17, 15) is 4.79 Å². The SMILES string of the molecule is CC(C)(C)OC(=O)N[C@@H]1c2ccccc2C=C[C@H]1Nc1ccccc1. The molecule has 130 valence electrons. The number of ether oxygens (including phenoxy) is 1. The fourth-order valence-electron chi connectivity index (χ4n) is 2.92. The zero-order valence-electron chi connectivity index (χ0n) is 14.8. The summed E-state index contributed by atoms with van der Waals surface area (Å²) in [6, 6.07) is 17.8. The Balaban J connectivity index is 1.85. The number of hydrogen-bond acceptors (Lipinski definition) is 3. The number of para-hydroxylation sites is 1. The molecule has 4 heteroatoms. The van der Waals surface area contributed by atoms with Crippen LogP contribution in [0.5, 0.6) is 0 Å². The van der Waals surface area contributed by atoms with Gasteiger partial charge in [-0.25, -0.2) is 4.79 Å². The molecule has 0 saturated heterocycles. The van der Waals surface area contributed by atoms with Gasteiger partial charge in [0.05, 0.1) is 12.1 Å². The van der Waals surface area contributed by atoms with Gasteiger partial charge in [0.1, 0.15) is 5.60 Å². The van der Waals surface area contributed by atoms with Crippen LogP contribution in [0.1, 0.15) is 37.9 Å². The third-order valence-electron chi connectivity index (χ3n) is 3.95. The quantitative estimate of drug-likeness (QED) is 0.849. The zero-order valence-corrected chi connectivity index (χ0v) is 14.8. The first-order chi connectivity index (χ1) is 11.9. The molecule has 1 amide bonds. The van der Waals surface area contributed by atoms with Crippen molar-refractivity contribution in [3.63, 3.8) is 0 Å². The minimum absolute atomic E-state index is 0.0650. The van der Waals surface area contributed by atoms with Crippen molar-refractivity contribution < 1.29 is 9.53 Å². The largest absolute Gasteiger partial charge is 0.444 e. The standard InChI is InChI=1S/C21H24N2O2/c1-21(2,3)25-20(24)23-19-17-12-8-7-9-15(17)13-14-18(19)22-16-10-5-4-6-11-16/h4-14,18-19,22H,1-3H3,(H,23,24)/t18-,19-/m1/s1. The smallest absolute Gasteiger partial charge is 0.408 e. The Morgan fingerprint density at radius 1 is 1.00 bits per heavy atom. The highest BCUT2D eigenvalue weighted by Crippen LogP contribution is 2.30. The van der Waals surface area contributed by atoms with E-state index in [2.05, 4.69) is 22.8 Å². The highest BCUT2D eigenvalue weighted by molar-refractivity contribution is 5.71. The van der Waals surface area contributed by atoms with Crippen molar-refractivity contribution in [2.24, 2.45) is 0 Å². The Hall–Kier alpha value is -2.75. The van der Waals surface area contributed by atoms with Gasteiger partial charge in [-0.05, 0) is 44.0 Å². The van der Waals surface area contributed by atoms with E-state index in [1.54, 1.807) is 0 Å². The number of carbonyl (C=O) groups excluding carboxylic acids is 1. The average molecular weight is 336 g/mol. The summed E-state index contributed by atoms with van der Waals surface area (Å²) in [5.74, 6) is 0. The van der Waals surface area contributed by atoms with Crippen LogP contribution in [0.15, 0.2) is 60.7 Å². The second-order valence-electron chi connectivity index (χ2n) is 7.15. The molecular weight excluding hydrogens is 312 g/mol. The molecule has 0 aromatic heterocycles. The number of rotatable bonds is 3. The Morgan fingerprint density at radius 3 is 2.40 bits per heavy atom. The van der Waals surface area contributed by atoms with E-state index in [-0.39, 0.29) is 12.1 Å². The molecule has 2 atom stereocenters. The van der Waals surface area contributed by atoms with Gasteiger partial charge in [0, 0.05) is 5.69 Å². The van der Waals surface area contributed by atoms with Crippen LogP contribution in [0.2, 0.25) is 0 Å². The van der Waals surface area contributed by atoms with Gasteiger partial charge in [0.2, 0.25) is 0 Å². The molecule has 0 fully saturated rings. The third-order valence-corrected chi connectivity index (χ3v) is 3.95. The van der Waals surface area contributed by atoms with Crippen LogP contribution in [0.4, 0.5) is 10.5 Å². The molecule has 0 spiro atoms. The first-order valence-electron chi connectivity index (χ1n) is 8.51.